The molecule has 0 aliphatic rings. The maximum atomic E-state index is 11.9. The Morgan fingerprint density at radius 2 is 2.06 bits per heavy atom. The Hall–Kier alpha value is -1.16. The normalized spacial score (nSPS) is 12.4. The van der Waals surface area contributed by atoms with Crippen molar-refractivity contribution in [2.24, 2.45) is 0 Å². The molecule has 0 spiro atoms. The van der Waals surface area contributed by atoms with Gasteiger partial charge in [-0.1, -0.05) is 17.7 Å². The zero-order chi connectivity index (χ0) is 12.1. The van der Waals surface area contributed by atoms with E-state index in [1.165, 1.54) is 0 Å². The molecule has 1 N–H and O–H groups in total. The van der Waals surface area contributed by atoms with Crippen molar-refractivity contribution in [2.45, 2.75) is 31.6 Å². The minimum atomic E-state index is -1.08. The molecule has 88 valence electrons. The summed E-state index contributed by atoms with van der Waals surface area (Å²) in [4.78, 5) is 11.1. The number of hydrogen-bond acceptors (Lipinski definition) is 2. The van der Waals surface area contributed by atoms with Gasteiger partial charge in [0.25, 0.3) is 0 Å². The van der Waals surface area contributed by atoms with E-state index in [9.17, 15) is 9.00 Å². The van der Waals surface area contributed by atoms with E-state index in [1.54, 1.807) is 0 Å². The van der Waals surface area contributed by atoms with Crippen LogP contribution in [-0.4, -0.2) is 21.0 Å². The van der Waals surface area contributed by atoms with Gasteiger partial charge in [0.2, 0.25) is 0 Å². The third-order valence-electron chi connectivity index (χ3n) is 2.30. The Kier molecular flexibility index (Phi) is 4.68. The van der Waals surface area contributed by atoms with Crippen LogP contribution in [0.3, 0.4) is 0 Å². The van der Waals surface area contributed by atoms with Gasteiger partial charge in [-0.25, -0.2) is 0 Å². The molecule has 4 heteroatoms. The van der Waals surface area contributed by atoms with E-state index in [1.807, 2.05) is 32.0 Å². The molecule has 0 bridgehead atoms. The highest BCUT2D eigenvalue weighted by atomic mass is 32.2. The molecule has 0 fully saturated rings. The van der Waals surface area contributed by atoms with Gasteiger partial charge in [-0.3, -0.25) is 9.00 Å². The number of hydrogen-bond donors (Lipinski definition) is 1. The van der Waals surface area contributed by atoms with Gasteiger partial charge < -0.3 is 5.11 Å². The van der Waals surface area contributed by atoms with Gasteiger partial charge in [-0.05, 0) is 31.9 Å². The summed E-state index contributed by atoms with van der Waals surface area (Å²) in [6.07, 6.45) is 0.534. The average Bonchev–Trinajstić information content (AvgIpc) is 2.16. The van der Waals surface area contributed by atoms with E-state index in [0.717, 1.165) is 16.0 Å². The zero-order valence-corrected chi connectivity index (χ0v) is 10.3. The number of aliphatic carboxylic acids is 1. The standard InChI is InChI=1S/C12H16O3S/c1-9-5-6-11(10(2)8-9)16(15)7-3-4-12(13)14/h5-6,8H,3-4,7H2,1-2H3,(H,13,14). The van der Waals surface area contributed by atoms with E-state index >= 15 is 0 Å². The van der Waals surface area contributed by atoms with E-state index in [-0.39, 0.29) is 6.42 Å². The highest BCUT2D eigenvalue weighted by Gasteiger charge is 2.08. The second kappa shape index (κ2) is 5.80. The second-order valence-corrected chi connectivity index (χ2v) is 5.36. The van der Waals surface area contributed by atoms with Crippen molar-refractivity contribution in [3.63, 3.8) is 0 Å². The zero-order valence-electron chi connectivity index (χ0n) is 9.53. The summed E-state index contributed by atoms with van der Waals surface area (Å²) in [7, 11) is -1.08. The highest BCUT2D eigenvalue weighted by molar-refractivity contribution is 7.85. The number of carboxylic acids is 1. The molecular formula is C12H16O3S. The van der Waals surface area contributed by atoms with E-state index in [2.05, 4.69) is 0 Å². The van der Waals surface area contributed by atoms with Crippen molar-refractivity contribution in [3.8, 4) is 0 Å². The van der Waals surface area contributed by atoms with Gasteiger partial charge in [0.05, 0.1) is 10.8 Å². The van der Waals surface area contributed by atoms with E-state index in [4.69, 9.17) is 5.11 Å². The van der Waals surface area contributed by atoms with Crippen LogP contribution in [0.5, 0.6) is 0 Å². The quantitative estimate of drug-likeness (QED) is 0.859. The highest BCUT2D eigenvalue weighted by Crippen LogP contribution is 2.15. The van der Waals surface area contributed by atoms with Crippen LogP contribution in [-0.2, 0) is 15.6 Å². The van der Waals surface area contributed by atoms with Crippen LogP contribution in [0.15, 0.2) is 23.1 Å². The van der Waals surface area contributed by atoms with Crippen molar-refractivity contribution >= 4 is 16.8 Å². The fourth-order valence-electron chi connectivity index (χ4n) is 1.52. The summed E-state index contributed by atoms with van der Waals surface area (Å²) in [6.45, 7) is 3.92. The molecule has 0 saturated carbocycles. The third-order valence-corrected chi connectivity index (χ3v) is 3.90. The van der Waals surface area contributed by atoms with Crippen LogP contribution in [0.25, 0.3) is 0 Å². The van der Waals surface area contributed by atoms with Crippen LogP contribution in [0.1, 0.15) is 24.0 Å². The number of carboxylic acid groups (broad SMARTS) is 1. The first-order valence-corrected chi connectivity index (χ1v) is 6.50. The Balaban J connectivity index is 2.63. The molecule has 0 heterocycles. The Labute approximate surface area is 98.0 Å². The van der Waals surface area contributed by atoms with Crippen LogP contribution >= 0.6 is 0 Å². The molecule has 3 nitrogen and oxygen atoms in total. The van der Waals surface area contributed by atoms with Crippen molar-refractivity contribution < 1.29 is 14.1 Å². The molecule has 1 rings (SSSR count). The summed E-state index contributed by atoms with van der Waals surface area (Å²) in [6, 6.07) is 5.78. The Bertz CT molecular complexity index is 413. The summed E-state index contributed by atoms with van der Waals surface area (Å²) >= 11 is 0. The van der Waals surface area contributed by atoms with Gasteiger partial charge in [0.1, 0.15) is 0 Å². The first-order chi connectivity index (χ1) is 7.50. The average molecular weight is 240 g/mol. The minimum Gasteiger partial charge on any atom is -0.481 e. The van der Waals surface area contributed by atoms with Gasteiger partial charge in [0, 0.05) is 17.1 Å². The molecule has 0 amide bonds. The lowest BCUT2D eigenvalue weighted by atomic mass is 10.2. The fraction of sp³-hybridized carbons (Fsp3) is 0.417. The molecule has 0 saturated heterocycles. The molecule has 0 aliphatic heterocycles. The van der Waals surface area contributed by atoms with Crippen LogP contribution < -0.4 is 0 Å². The van der Waals surface area contributed by atoms with Crippen molar-refractivity contribution in [1.82, 2.24) is 0 Å². The molecule has 1 aromatic carbocycles. The number of carbonyl (C=O) groups is 1. The molecule has 0 radical (unpaired) electrons. The van der Waals surface area contributed by atoms with E-state index < -0.39 is 16.8 Å². The minimum absolute atomic E-state index is 0.0800. The molecule has 16 heavy (non-hydrogen) atoms. The van der Waals surface area contributed by atoms with Gasteiger partial charge in [0.15, 0.2) is 0 Å². The Morgan fingerprint density at radius 1 is 1.38 bits per heavy atom. The summed E-state index contributed by atoms with van der Waals surface area (Å²) in [5, 5.41) is 8.49. The third kappa shape index (κ3) is 3.77. The SMILES string of the molecule is Cc1ccc(S(=O)CCCC(=O)O)c(C)c1. The Morgan fingerprint density at radius 3 is 2.62 bits per heavy atom. The maximum absolute atomic E-state index is 11.9. The predicted octanol–water partition coefficient (Wildman–Crippen LogP) is 2.28. The lowest BCUT2D eigenvalue weighted by Gasteiger charge is -2.06. The molecule has 1 unspecified atom stereocenters. The molecule has 1 aromatic rings. The molecular weight excluding hydrogens is 224 g/mol. The number of aryl methyl sites for hydroxylation is 2. The summed E-state index contributed by atoms with van der Waals surface area (Å²) in [5.41, 5.74) is 2.15. The lowest BCUT2D eigenvalue weighted by molar-refractivity contribution is -0.137. The lowest BCUT2D eigenvalue weighted by Crippen LogP contribution is -2.03. The molecule has 0 aliphatic carbocycles. The van der Waals surface area contributed by atoms with Gasteiger partial charge in [-0.15, -0.1) is 0 Å². The van der Waals surface area contributed by atoms with E-state index in [0.29, 0.717) is 12.2 Å². The first kappa shape index (κ1) is 12.9. The predicted molar refractivity (Wildman–Crippen MR) is 64.1 cm³/mol. The maximum Gasteiger partial charge on any atom is 0.303 e. The molecule has 1 atom stereocenters. The van der Waals surface area contributed by atoms with Crippen LogP contribution in [0, 0.1) is 13.8 Å². The second-order valence-electron chi connectivity index (χ2n) is 3.82. The summed E-state index contributed by atoms with van der Waals surface area (Å²) < 4.78 is 11.9. The van der Waals surface area contributed by atoms with Crippen LogP contribution in [0.2, 0.25) is 0 Å². The first-order valence-electron chi connectivity index (χ1n) is 5.18. The van der Waals surface area contributed by atoms with Crippen LogP contribution in [0.4, 0.5) is 0 Å². The largest absolute Gasteiger partial charge is 0.481 e. The van der Waals surface area contributed by atoms with Crippen molar-refractivity contribution in [1.29, 1.82) is 0 Å². The van der Waals surface area contributed by atoms with Crippen molar-refractivity contribution in [3.05, 3.63) is 29.3 Å². The fourth-order valence-corrected chi connectivity index (χ4v) is 2.78. The summed E-state index contributed by atoms with van der Waals surface area (Å²) in [5.74, 6) is -0.423. The topological polar surface area (TPSA) is 54.4 Å². The van der Waals surface area contributed by atoms with Gasteiger partial charge >= 0.3 is 5.97 Å². The smallest absolute Gasteiger partial charge is 0.303 e. The van der Waals surface area contributed by atoms with Gasteiger partial charge in [-0.2, -0.15) is 0 Å². The monoisotopic (exact) mass is 240 g/mol. The number of benzene rings is 1. The molecule has 0 aromatic heterocycles. The van der Waals surface area contributed by atoms with Crippen molar-refractivity contribution in [2.75, 3.05) is 5.75 Å². The number of rotatable bonds is 5.